The summed E-state index contributed by atoms with van der Waals surface area (Å²) < 4.78 is 0. The number of hydrogen-bond donors (Lipinski definition) is 0. The van der Waals surface area contributed by atoms with Crippen LogP contribution in [0, 0.1) is 0 Å². The summed E-state index contributed by atoms with van der Waals surface area (Å²) in [5.74, 6) is 0. The topological polar surface area (TPSA) is 63.2 Å². The van der Waals surface area contributed by atoms with Gasteiger partial charge in [-0.15, -0.1) is 0 Å². The average molecular weight is 254 g/mol. The predicted octanol–water partition coefficient (Wildman–Crippen LogP) is -6.18. The van der Waals surface area contributed by atoms with Crippen LogP contribution in [-0.2, 0) is 6.42 Å². The van der Waals surface area contributed by atoms with Crippen LogP contribution in [0.25, 0.3) is 6.08 Å². The largest absolute Gasteiger partial charge is 1.00 e. The maximum absolute atomic E-state index is 8.33. The third-order valence-electron chi connectivity index (χ3n) is 1.69. The second-order valence-electron chi connectivity index (χ2n) is 2.56. The molecule has 0 bridgehead atoms. The van der Waals surface area contributed by atoms with Crippen molar-refractivity contribution >= 4 is 12.2 Å². The first-order valence-corrected chi connectivity index (χ1v) is 3.82. The molecule has 2 rings (SSSR count). The quantitative estimate of drug-likeness (QED) is 0.433. The summed E-state index contributed by atoms with van der Waals surface area (Å²) in [6, 6.07) is 8.49. The van der Waals surface area contributed by atoms with Gasteiger partial charge in [-0.2, -0.15) is 0 Å². The second kappa shape index (κ2) is 10.6. The van der Waals surface area contributed by atoms with Crippen molar-refractivity contribution < 1.29 is 118 Å². The zero-order valence-corrected chi connectivity index (χ0v) is 15.1. The molecular weight excluding hydrogens is 246 g/mol. The number of carboxylic acid groups (broad SMARTS) is 2. The van der Waals surface area contributed by atoms with Crippen LogP contribution in [0.1, 0.15) is 11.1 Å². The molecule has 0 amide bonds. The molecule has 0 atom stereocenters. The Morgan fingerprint density at radius 3 is 2.20 bits per heavy atom. The monoisotopic (exact) mass is 254 g/mol. The van der Waals surface area contributed by atoms with Gasteiger partial charge in [0.1, 0.15) is 0 Å². The van der Waals surface area contributed by atoms with Gasteiger partial charge in [-0.25, -0.2) is 0 Å². The molecule has 0 N–H and O–H groups in total. The van der Waals surface area contributed by atoms with Crippen molar-refractivity contribution in [3.05, 3.63) is 41.5 Å². The Morgan fingerprint density at radius 2 is 1.67 bits per heavy atom. The Kier molecular flexibility index (Phi) is 13.4. The Hall–Kier alpha value is 1.50. The fourth-order valence-corrected chi connectivity index (χ4v) is 1.20. The maximum atomic E-state index is 8.33. The first-order chi connectivity index (χ1) is 6.20. The van der Waals surface area contributed by atoms with Gasteiger partial charge in [-0.3, -0.25) is 0 Å². The Bertz CT molecular complexity index is 333. The summed E-state index contributed by atoms with van der Waals surface area (Å²) in [4.78, 5) is 8.33. The van der Waals surface area contributed by atoms with Crippen molar-refractivity contribution in [2.45, 2.75) is 6.42 Å². The fourth-order valence-electron chi connectivity index (χ4n) is 1.20. The minimum atomic E-state index is -2.33. The second-order valence-corrected chi connectivity index (χ2v) is 2.56. The molecule has 0 heterocycles. The molecule has 0 aliphatic heterocycles. The van der Waals surface area contributed by atoms with Crippen LogP contribution in [0.3, 0.4) is 0 Å². The van der Waals surface area contributed by atoms with E-state index in [2.05, 4.69) is 36.4 Å². The van der Waals surface area contributed by atoms with E-state index in [1.54, 1.807) is 0 Å². The average Bonchev–Trinajstić information content (AvgIpc) is 2.49. The van der Waals surface area contributed by atoms with Crippen LogP contribution in [0.5, 0.6) is 0 Å². The molecule has 3 nitrogen and oxygen atoms in total. The summed E-state index contributed by atoms with van der Waals surface area (Å²) in [5.41, 5.74) is 2.84. The Labute approximate surface area is 174 Å². The van der Waals surface area contributed by atoms with Gasteiger partial charge in [0, 0.05) is 0 Å². The van der Waals surface area contributed by atoms with E-state index in [1.807, 2.05) is 0 Å². The van der Waals surface area contributed by atoms with Crippen LogP contribution in [0.15, 0.2) is 30.3 Å². The summed E-state index contributed by atoms with van der Waals surface area (Å²) in [5, 5.41) is 16.7. The minimum absolute atomic E-state index is 0. The van der Waals surface area contributed by atoms with Crippen molar-refractivity contribution in [2.75, 3.05) is 0 Å². The molecule has 0 radical (unpaired) electrons. The van der Waals surface area contributed by atoms with E-state index in [0.717, 1.165) is 6.42 Å². The molecule has 15 heavy (non-hydrogen) atoms. The van der Waals surface area contributed by atoms with Crippen molar-refractivity contribution in [1.82, 2.24) is 0 Å². The van der Waals surface area contributed by atoms with Gasteiger partial charge < -0.3 is 15.0 Å². The molecular formula is C10H8K2O3. The fraction of sp³-hybridized carbons (Fsp3) is 0.100. The Balaban J connectivity index is 0. The van der Waals surface area contributed by atoms with E-state index in [1.165, 1.54) is 11.1 Å². The molecule has 0 saturated heterocycles. The van der Waals surface area contributed by atoms with Gasteiger partial charge in [0.25, 0.3) is 0 Å². The van der Waals surface area contributed by atoms with E-state index in [-0.39, 0.29) is 103 Å². The SMILES string of the molecule is C1=Cc2ccccc2C1.O=C([O-])[O-].[K+].[K+]. The maximum Gasteiger partial charge on any atom is 1.00 e. The summed E-state index contributed by atoms with van der Waals surface area (Å²) >= 11 is 0. The molecule has 1 aromatic rings. The van der Waals surface area contributed by atoms with Gasteiger partial charge in [0.05, 0.1) is 0 Å². The number of carbonyl (C=O) groups is 1. The van der Waals surface area contributed by atoms with Gasteiger partial charge >= 0.3 is 103 Å². The van der Waals surface area contributed by atoms with Crippen molar-refractivity contribution in [2.24, 2.45) is 0 Å². The molecule has 68 valence electrons. The van der Waals surface area contributed by atoms with Gasteiger partial charge in [-0.05, 0) is 23.7 Å². The summed E-state index contributed by atoms with van der Waals surface area (Å²) in [6.45, 7) is 0. The van der Waals surface area contributed by atoms with Crippen molar-refractivity contribution in [3.8, 4) is 0 Å². The van der Waals surface area contributed by atoms with E-state index >= 15 is 0 Å². The molecule has 0 unspecified atom stereocenters. The third kappa shape index (κ3) is 8.26. The molecule has 5 heteroatoms. The normalized spacial score (nSPS) is 9.87. The number of allylic oxidation sites excluding steroid dienone is 1. The number of hydrogen-bond acceptors (Lipinski definition) is 3. The van der Waals surface area contributed by atoms with Gasteiger partial charge in [-0.1, -0.05) is 36.4 Å². The molecule has 0 spiro atoms. The first kappa shape index (κ1) is 18.9. The first-order valence-electron chi connectivity index (χ1n) is 3.82. The van der Waals surface area contributed by atoms with Crippen molar-refractivity contribution in [3.63, 3.8) is 0 Å². The molecule has 1 aliphatic rings. The van der Waals surface area contributed by atoms with E-state index in [9.17, 15) is 0 Å². The molecule has 0 aromatic heterocycles. The number of benzene rings is 1. The van der Waals surface area contributed by atoms with E-state index in [0.29, 0.717) is 0 Å². The summed E-state index contributed by atoms with van der Waals surface area (Å²) in [7, 11) is 0. The number of carbonyl (C=O) groups excluding carboxylic acids is 1. The molecule has 0 saturated carbocycles. The van der Waals surface area contributed by atoms with Crippen LogP contribution in [0.2, 0.25) is 0 Å². The van der Waals surface area contributed by atoms with Gasteiger partial charge in [0.15, 0.2) is 0 Å². The van der Waals surface area contributed by atoms with Crippen LogP contribution in [0.4, 0.5) is 4.79 Å². The van der Waals surface area contributed by atoms with Crippen LogP contribution < -0.4 is 113 Å². The zero-order chi connectivity index (χ0) is 9.68. The van der Waals surface area contributed by atoms with Gasteiger partial charge in [0.2, 0.25) is 0 Å². The third-order valence-corrected chi connectivity index (χ3v) is 1.69. The molecule has 1 aromatic carbocycles. The van der Waals surface area contributed by atoms with Crippen LogP contribution in [-0.4, -0.2) is 6.16 Å². The Morgan fingerprint density at radius 1 is 1.13 bits per heavy atom. The molecule has 1 aliphatic carbocycles. The zero-order valence-electron chi connectivity index (χ0n) is 8.90. The summed E-state index contributed by atoms with van der Waals surface area (Å²) in [6.07, 6.45) is 3.16. The molecule has 0 fully saturated rings. The number of rotatable bonds is 0. The number of fused-ring (bicyclic) bond motifs is 1. The predicted molar refractivity (Wildman–Crippen MR) is 44.6 cm³/mol. The van der Waals surface area contributed by atoms with Crippen molar-refractivity contribution in [1.29, 1.82) is 0 Å². The standard InChI is InChI=1S/C9H8.CH2O3.2K/c1-2-5-9-7-3-6-8(9)4-1;2-1(3)4;;/h1-6H,7H2;(H2,2,3,4);;/q;;2*+1/p-2. The van der Waals surface area contributed by atoms with E-state index in [4.69, 9.17) is 15.0 Å². The minimum Gasteiger partial charge on any atom is -0.652 e. The van der Waals surface area contributed by atoms with E-state index < -0.39 is 6.16 Å². The smallest absolute Gasteiger partial charge is 0.652 e. The van der Waals surface area contributed by atoms with Crippen LogP contribution >= 0.6 is 0 Å².